The molecule has 52 valence electrons. The van der Waals surface area contributed by atoms with Gasteiger partial charge in [-0.2, -0.15) is 24.6 Å². The van der Waals surface area contributed by atoms with Crippen LogP contribution in [0.3, 0.4) is 0 Å². The van der Waals surface area contributed by atoms with Crippen molar-refractivity contribution in [2.75, 3.05) is 0 Å². The fraction of sp³-hybridized carbons (Fsp3) is 0. The Labute approximate surface area is 76.4 Å². The van der Waals surface area contributed by atoms with E-state index in [2.05, 4.69) is 6.92 Å². The van der Waals surface area contributed by atoms with E-state index in [1.54, 1.807) is 0 Å². The monoisotopic (exact) mass is 228 g/mol. The van der Waals surface area contributed by atoms with E-state index in [0.717, 1.165) is 5.56 Å². The van der Waals surface area contributed by atoms with Crippen LogP contribution in [0.4, 0.5) is 0 Å². The Hall–Kier alpha value is 0.0635. The van der Waals surface area contributed by atoms with Gasteiger partial charge in [0.1, 0.15) is 0 Å². The molecule has 0 atom stereocenters. The van der Waals surface area contributed by atoms with Crippen molar-refractivity contribution in [2.45, 2.75) is 0 Å². The quantitative estimate of drug-likeness (QED) is 0.390. The summed E-state index contributed by atoms with van der Waals surface area (Å²) in [6, 6.07) is 9.87. The third kappa shape index (κ3) is 4.56. The van der Waals surface area contributed by atoms with Crippen molar-refractivity contribution in [2.24, 2.45) is 0 Å². The molecule has 0 radical (unpaired) electrons. The Balaban J connectivity index is 0. The summed E-state index contributed by atoms with van der Waals surface area (Å²) < 4.78 is 0. The van der Waals surface area contributed by atoms with Gasteiger partial charge in [0.2, 0.25) is 0 Å². The third-order valence-corrected chi connectivity index (χ3v) is 0.843. The van der Waals surface area contributed by atoms with Crippen LogP contribution in [0.1, 0.15) is 5.56 Å². The maximum Gasteiger partial charge on any atom is 2.00 e. The minimum Gasteiger partial charge on any atom is -1.00 e. The summed E-state index contributed by atoms with van der Waals surface area (Å²) in [5, 5.41) is 0. The van der Waals surface area contributed by atoms with Crippen LogP contribution in [0.2, 0.25) is 0 Å². The van der Waals surface area contributed by atoms with E-state index in [0.29, 0.717) is 0 Å². The van der Waals surface area contributed by atoms with Crippen LogP contribution < -0.4 is 17.0 Å². The van der Waals surface area contributed by atoms with Crippen molar-refractivity contribution in [1.82, 2.24) is 0 Å². The molecule has 0 fully saturated rings. The zero-order chi connectivity index (χ0) is 5.11. The van der Waals surface area contributed by atoms with Crippen LogP contribution >= 0.6 is 0 Å². The molecule has 0 N–H and O–H groups in total. The second kappa shape index (κ2) is 6.19. The van der Waals surface area contributed by atoms with Crippen LogP contribution in [0, 0.1) is 6.92 Å². The molecule has 1 aromatic rings. The Morgan fingerprint density at radius 3 is 1.67 bits per heavy atom. The smallest absolute Gasteiger partial charge is 1.00 e. The average molecular weight is 230 g/mol. The van der Waals surface area contributed by atoms with E-state index in [-0.39, 0.29) is 33.5 Å². The largest absolute Gasteiger partial charge is 2.00 e. The molecule has 2 heteroatoms. The molecule has 0 aliphatic carbocycles. The van der Waals surface area contributed by atoms with Crippen molar-refractivity contribution in [3.8, 4) is 0 Å². The molecule has 0 nitrogen and oxygen atoms in total. The predicted molar refractivity (Wildman–Crippen MR) is 30.9 cm³/mol. The molecule has 0 saturated carbocycles. The van der Waals surface area contributed by atoms with Crippen LogP contribution in [0.25, 0.3) is 0 Å². The summed E-state index contributed by atoms with van der Waals surface area (Å²) in [4.78, 5) is 0. The fourth-order valence-electron chi connectivity index (χ4n) is 0.478. The molecule has 1 rings (SSSR count). The first-order valence-corrected chi connectivity index (χ1v) is 2.26. The zero-order valence-electron chi connectivity index (χ0n) is 4.79. The maximum absolute atomic E-state index is 3.72. The minimum atomic E-state index is 0. The molecule has 0 saturated heterocycles. The molecular formula is C7H7BrNi. The Morgan fingerprint density at radius 2 is 1.44 bits per heavy atom. The molecule has 9 heavy (non-hydrogen) atoms. The minimum absolute atomic E-state index is 0. The van der Waals surface area contributed by atoms with Crippen molar-refractivity contribution in [3.05, 3.63) is 42.8 Å². The SMILES string of the molecule is [Br-].[CH2-]c1ccccc1.[Ni+2]. The molecule has 1 aromatic carbocycles. The summed E-state index contributed by atoms with van der Waals surface area (Å²) in [5.41, 5.74) is 1.07. The van der Waals surface area contributed by atoms with Crippen LogP contribution in [-0.2, 0) is 16.5 Å². The number of rotatable bonds is 0. The molecule has 0 unspecified atom stereocenters. The first-order chi connectivity index (χ1) is 3.39. The van der Waals surface area contributed by atoms with Gasteiger partial charge < -0.3 is 17.0 Å². The van der Waals surface area contributed by atoms with Crippen LogP contribution in [0.5, 0.6) is 0 Å². The van der Waals surface area contributed by atoms with Crippen molar-refractivity contribution >= 4 is 0 Å². The summed E-state index contributed by atoms with van der Waals surface area (Å²) in [6.07, 6.45) is 0. The normalized spacial score (nSPS) is 6.67. The van der Waals surface area contributed by atoms with Crippen LogP contribution in [-0.4, -0.2) is 0 Å². The van der Waals surface area contributed by atoms with Gasteiger partial charge in [-0.1, -0.05) is 6.07 Å². The number of hydrogen-bond acceptors (Lipinski definition) is 0. The van der Waals surface area contributed by atoms with Gasteiger partial charge in [0.25, 0.3) is 0 Å². The zero-order valence-corrected chi connectivity index (χ0v) is 7.36. The van der Waals surface area contributed by atoms with Gasteiger partial charge in [-0.15, -0.1) is 12.1 Å². The number of halogens is 1. The Bertz CT molecular complexity index is 139. The van der Waals surface area contributed by atoms with Gasteiger partial charge >= 0.3 is 16.5 Å². The van der Waals surface area contributed by atoms with E-state index in [9.17, 15) is 0 Å². The molecule has 0 spiro atoms. The molecule has 0 heterocycles. The van der Waals surface area contributed by atoms with Crippen LogP contribution in [0.15, 0.2) is 30.3 Å². The van der Waals surface area contributed by atoms with Gasteiger partial charge in [-0.3, -0.25) is 0 Å². The van der Waals surface area contributed by atoms with Gasteiger partial charge in [-0.25, -0.2) is 0 Å². The summed E-state index contributed by atoms with van der Waals surface area (Å²) in [7, 11) is 0. The second-order valence-electron chi connectivity index (χ2n) is 1.49. The standard InChI is InChI=1S/C7H7.BrH.Ni/c1-7-5-3-2-4-6-7;;/h2-6H,1H2;1H;/q-1;;+2/p-1. The Kier molecular flexibility index (Phi) is 8.12. The van der Waals surface area contributed by atoms with Crippen molar-refractivity contribution in [1.29, 1.82) is 0 Å². The first-order valence-electron chi connectivity index (χ1n) is 2.26. The fourth-order valence-corrected chi connectivity index (χ4v) is 0.478. The first kappa shape index (κ1) is 11.8. The van der Waals surface area contributed by atoms with E-state index in [1.165, 1.54) is 0 Å². The average Bonchev–Trinajstić information content (AvgIpc) is 1.69. The predicted octanol–water partition coefficient (Wildman–Crippen LogP) is -1.13. The maximum atomic E-state index is 3.72. The van der Waals surface area contributed by atoms with E-state index >= 15 is 0 Å². The van der Waals surface area contributed by atoms with E-state index < -0.39 is 0 Å². The molecule has 0 aromatic heterocycles. The topological polar surface area (TPSA) is 0 Å². The number of benzene rings is 1. The van der Waals surface area contributed by atoms with Gasteiger partial charge in [0.15, 0.2) is 0 Å². The van der Waals surface area contributed by atoms with E-state index in [1.807, 2.05) is 30.3 Å². The Morgan fingerprint density at radius 1 is 1.00 bits per heavy atom. The van der Waals surface area contributed by atoms with Gasteiger partial charge in [0.05, 0.1) is 0 Å². The number of hydrogen-bond donors (Lipinski definition) is 0. The second-order valence-corrected chi connectivity index (χ2v) is 1.49. The van der Waals surface area contributed by atoms with Crippen molar-refractivity contribution in [3.63, 3.8) is 0 Å². The molecular weight excluding hydrogens is 223 g/mol. The summed E-state index contributed by atoms with van der Waals surface area (Å²) in [6.45, 7) is 3.72. The molecule has 0 aliphatic heterocycles. The van der Waals surface area contributed by atoms with Crippen molar-refractivity contribution < 1.29 is 33.5 Å². The summed E-state index contributed by atoms with van der Waals surface area (Å²) >= 11 is 0. The van der Waals surface area contributed by atoms with Gasteiger partial charge in [0, 0.05) is 0 Å². The van der Waals surface area contributed by atoms with E-state index in [4.69, 9.17) is 0 Å². The molecule has 0 amide bonds. The molecule has 0 bridgehead atoms. The summed E-state index contributed by atoms with van der Waals surface area (Å²) in [5.74, 6) is 0. The third-order valence-electron chi connectivity index (χ3n) is 0.843. The van der Waals surface area contributed by atoms with Gasteiger partial charge in [-0.05, 0) is 0 Å². The molecule has 0 aliphatic rings.